The molecule has 0 spiro atoms. The fourth-order valence-electron chi connectivity index (χ4n) is 0.617. The number of aliphatic imine (C=N–C) groups is 1. The standard InChI is InChI=1S/C3H6N2.C3H6O2/c2*1-2-5-3-4-1/h3H,1-2H2,(H,4,5);1-3H2. The van der Waals surface area contributed by atoms with E-state index in [1.54, 1.807) is 6.34 Å². The van der Waals surface area contributed by atoms with Gasteiger partial charge in [0.2, 0.25) is 0 Å². The zero-order valence-corrected chi connectivity index (χ0v) is 5.88. The molecular formula is C6H12N2O2. The lowest BCUT2D eigenvalue weighted by atomic mass is 10.7. The SMILES string of the molecule is C1=NCCN1.C1COCO1. The van der Waals surface area contributed by atoms with Gasteiger partial charge in [0, 0.05) is 6.54 Å². The molecule has 0 aromatic rings. The molecule has 1 N–H and O–H groups in total. The van der Waals surface area contributed by atoms with E-state index in [1.807, 2.05) is 0 Å². The minimum absolute atomic E-state index is 0.500. The lowest BCUT2D eigenvalue weighted by Crippen LogP contribution is -2.04. The average molecular weight is 144 g/mol. The van der Waals surface area contributed by atoms with Crippen LogP contribution in [-0.2, 0) is 9.47 Å². The van der Waals surface area contributed by atoms with Gasteiger partial charge in [0.25, 0.3) is 0 Å². The number of ether oxygens (including phenoxy) is 2. The molecule has 2 aliphatic heterocycles. The van der Waals surface area contributed by atoms with Crippen LogP contribution in [0.2, 0.25) is 0 Å². The highest BCUT2D eigenvalue weighted by Crippen LogP contribution is 1.85. The minimum atomic E-state index is 0.500. The number of nitrogens with one attached hydrogen (secondary N) is 1. The van der Waals surface area contributed by atoms with E-state index in [4.69, 9.17) is 9.47 Å². The first-order valence-electron chi connectivity index (χ1n) is 3.37. The highest BCUT2D eigenvalue weighted by atomic mass is 16.7. The summed E-state index contributed by atoms with van der Waals surface area (Å²) in [7, 11) is 0. The highest BCUT2D eigenvalue weighted by molar-refractivity contribution is 5.56. The summed E-state index contributed by atoms with van der Waals surface area (Å²) in [6.07, 6.45) is 1.74. The van der Waals surface area contributed by atoms with Crippen molar-refractivity contribution in [2.75, 3.05) is 33.1 Å². The molecule has 4 nitrogen and oxygen atoms in total. The molecule has 4 heteroatoms. The van der Waals surface area contributed by atoms with Crippen molar-refractivity contribution in [3.8, 4) is 0 Å². The third-order valence-corrected chi connectivity index (χ3v) is 1.11. The Morgan fingerprint density at radius 2 is 2.10 bits per heavy atom. The summed E-state index contributed by atoms with van der Waals surface area (Å²) >= 11 is 0. The van der Waals surface area contributed by atoms with Crippen molar-refractivity contribution in [3.63, 3.8) is 0 Å². The Balaban J connectivity index is 0.0000001000. The van der Waals surface area contributed by atoms with Crippen LogP contribution in [0.5, 0.6) is 0 Å². The van der Waals surface area contributed by atoms with Gasteiger partial charge in [0.15, 0.2) is 0 Å². The van der Waals surface area contributed by atoms with E-state index in [2.05, 4.69) is 10.3 Å². The summed E-state index contributed by atoms with van der Waals surface area (Å²) in [4.78, 5) is 3.85. The normalized spacial score (nSPS) is 21.6. The molecule has 1 fully saturated rings. The van der Waals surface area contributed by atoms with Gasteiger partial charge in [-0.05, 0) is 0 Å². The summed E-state index contributed by atoms with van der Waals surface area (Å²) in [5.74, 6) is 0. The molecule has 0 aliphatic carbocycles. The van der Waals surface area contributed by atoms with Crippen molar-refractivity contribution in [2.24, 2.45) is 4.99 Å². The van der Waals surface area contributed by atoms with Crippen molar-refractivity contribution in [2.45, 2.75) is 0 Å². The molecule has 1 saturated heterocycles. The zero-order chi connectivity index (χ0) is 7.07. The van der Waals surface area contributed by atoms with Crippen LogP contribution in [0.1, 0.15) is 0 Å². The van der Waals surface area contributed by atoms with Crippen LogP contribution in [0.3, 0.4) is 0 Å². The second-order valence-electron chi connectivity index (χ2n) is 1.92. The topological polar surface area (TPSA) is 42.9 Å². The van der Waals surface area contributed by atoms with E-state index in [0.717, 1.165) is 26.3 Å². The fraction of sp³-hybridized carbons (Fsp3) is 0.833. The van der Waals surface area contributed by atoms with Gasteiger partial charge in [-0.3, -0.25) is 4.99 Å². The molecule has 10 heavy (non-hydrogen) atoms. The summed E-state index contributed by atoms with van der Waals surface area (Å²) < 4.78 is 9.44. The number of nitrogens with zero attached hydrogens (tertiary/aromatic N) is 1. The van der Waals surface area contributed by atoms with Gasteiger partial charge in [-0.25, -0.2) is 0 Å². The minimum Gasteiger partial charge on any atom is -0.375 e. The van der Waals surface area contributed by atoms with Gasteiger partial charge in [-0.2, -0.15) is 0 Å². The smallest absolute Gasteiger partial charge is 0.146 e. The number of rotatable bonds is 0. The van der Waals surface area contributed by atoms with Crippen LogP contribution in [0.4, 0.5) is 0 Å². The molecule has 0 radical (unpaired) electrons. The highest BCUT2D eigenvalue weighted by Gasteiger charge is 1.93. The van der Waals surface area contributed by atoms with Crippen LogP contribution >= 0.6 is 0 Å². The fourth-order valence-corrected chi connectivity index (χ4v) is 0.617. The third-order valence-electron chi connectivity index (χ3n) is 1.11. The Bertz CT molecular complexity index is 88.3. The maximum atomic E-state index is 4.72. The summed E-state index contributed by atoms with van der Waals surface area (Å²) in [6.45, 7) is 4.04. The molecule has 2 aliphatic rings. The number of hydrogen-bond acceptors (Lipinski definition) is 4. The van der Waals surface area contributed by atoms with E-state index in [0.29, 0.717) is 6.79 Å². The lowest BCUT2D eigenvalue weighted by molar-refractivity contribution is 0.0692. The monoisotopic (exact) mass is 144 g/mol. The van der Waals surface area contributed by atoms with Crippen LogP contribution in [0.25, 0.3) is 0 Å². The summed E-state index contributed by atoms with van der Waals surface area (Å²) in [6, 6.07) is 0. The van der Waals surface area contributed by atoms with E-state index in [1.165, 1.54) is 0 Å². The molecule has 0 bridgehead atoms. The van der Waals surface area contributed by atoms with Crippen LogP contribution in [0.15, 0.2) is 4.99 Å². The number of hydrogen-bond donors (Lipinski definition) is 1. The predicted octanol–water partition coefficient (Wildman–Crippen LogP) is -0.391. The van der Waals surface area contributed by atoms with E-state index < -0.39 is 0 Å². The van der Waals surface area contributed by atoms with Crippen molar-refractivity contribution in [1.29, 1.82) is 0 Å². The molecule has 0 aromatic carbocycles. The summed E-state index contributed by atoms with van der Waals surface area (Å²) in [5.41, 5.74) is 0. The Morgan fingerprint density at radius 1 is 1.30 bits per heavy atom. The first kappa shape index (κ1) is 7.50. The molecule has 0 unspecified atom stereocenters. The first-order valence-corrected chi connectivity index (χ1v) is 3.37. The molecule has 0 saturated carbocycles. The van der Waals surface area contributed by atoms with Gasteiger partial charge in [0.05, 0.1) is 26.1 Å². The molecular weight excluding hydrogens is 132 g/mol. The Kier molecular flexibility index (Phi) is 3.90. The van der Waals surface area contributed by atoms with Crippen LogP contribution in [-0.4, -0.2) is 39.4 Å². The Morgan fingerprint density at radius 3 is 2.30 bits per heavy atom. The Hall–Kier alpha value is -0.610. The van der Waals surface area contributed by atoms with Crippen molar-refractivity contribution in [1.82, 2.24) is 5.32 Å². The van der Waals surface area contributed by atoms with Gasteiger partial charge in [-0.15, -0.1) is 0 Å². The second-order valence-corrected chi connectivity index (χ2v) is 1.92. The third kappa shape index (κ3) is 3.42. The lowest BCUT2D eigenvalue weighted by Gasteiger charge is -1.76. The van der Waals surface area contributed by atoms with Crippen molar-refractivity contribution >= 4 is 6.34 Å². The molecule has 0 atom stereocenters. The van der Waals surface area contributed by atoms with E-state index >= 15 is 0 Å². The quantitative estimate of drug-likeness (QED) is 0.503. The van der Waals surface area contributed by atoms with Crippen molar-refractivity contribution < 1.29 is 9.47 Å². The second kappa shape index (κ2) is 5.20. The van der Waals surface area contributed by atoms with E-state index in [9.17, 15) is 0 Å². The van der Waals surface area contributed by atoms with Gasteiger partial charge in [0.1, 0.15) is 6.79 Å². The summed E-state index contributed by atoms with van der Waals surface area (Å²) in [5, 5.41) is 2.93. The van der Waals surface area contributed by atoms with Gasteiger partial charge >= 0.3 is 0 Å². The molecule has 0 amide bonds. The predicted molar refractivity (Wildman–Crippen MR) is 38.1 cm³/mol. The van der Waals surface area contributed by atoms with E-state index in [-0.39, 0.29) is 0 Å². The van der Waals surface area contributed by atoms with Crippen molar-refractivity contribution in [3.05, 3.63) is 0 Å². The van der Waals surface area contributed by atoms with Crippen LogP contribution < -0.4 is 5.32 Å². The van der Waals surface area contributed by atoms with Crippen LogP contribution in [0, 0.1) is 0 Å². The Labute approximate surface area is 60.2 Å². The molecule has 58 valence electrons. The maximum Gasteiger partial charge on any atom is 0.146 e. The van der Waals surface area contributed by atoms with Gasteiger partial charge in [-0.1, -0.05) is 0 Å². The van der Waals surface area contributed by atoms with Gasteiger partial charge < -0.3 is 14.8 Å². The molecule has 2 heterocycles. The first-order chi connectivity index (χ1) is 5.00. The largest absolute Gasteiger partial charge is 0.375 e. The maximum absolute atomic E-state index is 4.72. The zero-order valence-electron chi connectivity index (χ0n) is 5.88. The molecule has 2 rings (SSSR count). The average Bonchev–Trinajstić information content (AvgIpc) is 2.67. The molecule has 0 aromatic heterocycles.